The summed E-state index contributed by atoms with van der Waals surface area (Å²) >= 11 is 0. The molecule has 126 valence electrons. The number of aryl methyl sites for hydroxylation is 1. The van der Waals surface area contributed by atoms with Gasteiger partial charge in [0.2, 0.25) is 0 Å². The monoisotopic (exact) mass is 333 g/mol. The number of hydrogen-bond donors (Lipinski definition) is 0. The second kappa shape index (κ2) is 7.13. The smallest absolute Gasteiger partial charge is 0.337 e. The molecule has 0 N–H and O–H groups in total. The molecule has 0 aliphatic rings. The van der Waals surface area contributed by atoms with E-state index >= 15 is 0 Å². The van der Waals surface area contributed by atoms with Crippen molar-refractivity contribution >= 4 is 17.9 Å². The van der Waals surface area contributed by atoms with Crippen LogP contribution < -0.4 is 0 Å². The highest BCUT2D eigenvalue weighted by molar-refractivity contribution is 5.90. The van der Waals surface area contributed by atoms with Crippen molar-refractivity contribution < 1.29 is 9.53 Å². The third kappa shape index (κ3) is 3.50. The van der Waals surface area contributed by atoms with E-state index < -0.39 is 0 Å². The van der Waals surface area contributed by atoms with Crippen LogP contribution in [0.2, 0.25) is 0 Å². The summed E-state index contributed by atoms with van der Waals surface area (Å²) in [6.07, 6.45) is 3.61. The lowest BCUT2D eigenvalue weighted by Crippen LogP contribution is -2.01. The molecule has 0 unspecified atom stereocenters. The molecule has 0 bridgehead atoms. The summed E-state index contributed by atoms with van der Waals surface area (Å²) in [6.45, 7) is 4.09. The maximum Gasteiger partial charge on any atom is 0.337 e. The van der Waals surface area contributed by atoms with Crippen LogP contribution in [0, 0.1) is 13.8 Å². The Balaban J connectivity index is 1.86. The minimum atomic E-state index is -0.352. The number of rotatable bonds is 4. The lowest BCUT2D eigenvalue weighted by Gasteiger charge is -2.07. The normalized spacial score (nSPS) is 11.0. The van der Waals surface area contributed by atoms with Crippen LogP contribution in [0.15, 0.2) is 59.7 Å². The summed E-state index contributed by atoms with van der Waals surface area (Å²) in [5.41, 5.74) is 4.48. The van der Waals surface area contributed by atoms with Gasteiger partial charge in [-0.1, -0.05) is 6.07 Å². The topological polar surface area (TPSA) is 56.5 Å². The van der Waals surface area contributed by atoms with Crippen molar-refractivity contribution in [2.75, 3.05) is 7.11 Å². The molecular formula is C20H19N3O2. The molecule has 25 heavy (non-hydrogen) atoms. The fraction of sp³-hybridized carbons (Fsp3) is 0.150. The molecule has 2 heterocycles. The van der Waals surface area contributed by atoms with Crippen molar-refractivity contribution in [1.29, 1.82) is 0 Å². The Kier molecular flexibility index (Phi) is 4.75. The summed E-state index contributed by atoms with van der Waals surface area (Å²) in [6, 6.07) is 14.9. The highest BCUT2D eigenvalue weighted by Gasteiger charge is 2.10. The van der Waals surface area contributed by atoms with Crippen LogP contribution in [0.3, 0.4) is 0 Å². The van der Waals surface area contributed by atoms with E-state index in [9.17, 15) is 4.79 Å². The molecule has 5 nitrogen and oxygen atoms in total. The van der Waals surface area contributed by atoms with Gasteiger partial charge in [0, 0.05) is 29.4 Å². The summed E-state index contributed by atoms with van der Waals surface area (Å²) in [5, 5.41) is 0. The molecule has 2 aromatic heterocycles. The number of carbonyl (C=O) groups excluding carboxylic acids is 1. The summed E-state index contributed by atoms with van der Waals surface area (Å²) in [5.74, 6) is 0.536. The first-order valence-electron chi connectivity index (χ1n) is 7.93. The number of esters is 1. The number of benzene rings is 1. The number of carbonyl (C=O) groups is 1. The zero-order valence-electron chi connectivity index (χ0n) is 14.4. The van der Waals surface area contributed by atoms with E-state index in [1.807, 2.05) is 38.3 Å². The van der Waals surface area contributed by atoms with Crippen molar-refractivity contribution in [2.45, 2.75) is 13.8 Å². The molecule has 0 aliphatic carbocycles. The van der Waals surface area contributed by atoms with Crippen LogP contribution in [0.25, 0.3) is 5.82 Å². The fourth-order valence-electron chi connectivity index (χ4n) is 2.70. The Morgan fingerprint density at radius 1 is 1.16 bits per heavy atom. The third-order valence-corrected chi connectivity index (χ3v) is 3.99. The van der Waals surface area contributed by atoms with Crippen molar-refractivity contribution in [3.8, 4) is 5.82 Å². The van der Waals surface area contributed by atoms with Gasteiger partial charge in [0.25, 0.3) is 0 Å². The molecule has 0 radical (unpaired) electrons. The highest BCUT2D eigenvalue weighted by atomic mass is 16.5. The Bertz CT molecular complexity index is 910. The average Bonchev–Trinajstić information content (AvgIpc) is 2.94. The first-order valence-corrected chi connectivity index (χ1v) is 7.93. The number of pyridine rings is 1. The van der Waals surface area contributed by atoms with E-state index in [1.165, 1.54) is 7.11 Å². The second-order valence-corrected chi connectivity index (χ2v) is 5.65. The second-order valence-electron chi connectivity index (χ2n) is 5.65. The van der Waals surface area contributed by atoms with Crippen LogP contribution in [0.4, 0.5) is 5.69 Å². The first kappa shape index (κ1) is 16.6. The Hall–Kier alpha value is -3.21. The van der Waals surface area contributed by atoms with Crippen LogP contribution in [-0.2, 0) is 4.74 Å². The molecule has 0 fully saturated rings. The first-order chi connectivity index (χ1) is 12.1. The fourth-order valence-corrected chi connectivity index (χ4v) is 2.70. The number of hydrogen-bond acceptors (Lipinski definition) is 4. The van der Waals surface area contributed by atoms with Gasteiger partial charge in [-0.2, -0.15) is 0 Å². The van der Waals surface area contributed by atoms with Crippen molar-refractivity contribution in [3.63, 3.8) is 0 Å². The maximum absolute atomic E-state index is 11.5. The van der Waals surface area contributed by atoms with E-state index in [2.05, 4.69) is 20.6 Å². The standard InChI is InChI=1S/C20H19N3O2/c1-14-12-17(15(2)23(14)19-6-4-5-11-21-19)13-22-18-9-7-16(8-10-18)20(24)25-3/h4-13H,1-3H3. The number of methoxy groups -OCH3 is 1. The van der Waals surface area contributed by atoms with Gasteiger partial charge < -0.3 is 9.30 Å². The molecule has 0 saturated carbocycles. The number of aromatic nitrogens is 2. The third-order valence-electron chi connectivity index (χ3n) is 3.99. The Morgan fingerprint density at radius 3 is 2.56 bits per heavy atom. The van der Waals surface area contributed by atoms with E-state index in [1.54, 1.807) is 30.5 Å². The van der Waals surface area contributed by atoms with Gasteiger partial charge in [0.05, 0.1) is 18.4 Å². The molecule has 5 heteroatoms. The summed E-state index contributed by atoms with van der Waals surface area (Å²) in [7, 11) is 1.37. The van der Waals surface area contributed by atoms with Gasteiger partial charge in [-0.05, 0) is 56.3 Å². The quantitative estimate of drug-likeness (QED) is 0.535. The Morgan fingerprint density at radius 2 is 1.92 bits per heavy atom. The predicted octanol–water partition coefficient (Wildman–Crippen LogP) is 4.03. The van der Waals surface area contributed by atoms with E-state index in [4.69, 9.17) is 4.74 Å². The molecule has 3 rings (SSSR count). The molecule has 0 atom stereocenters. The lowest BCUT2D eigenvalue weighted by molar-refractivity contribution is 0.0601. The minimum absolute atomic E-state index is 0.352. The van der Waals surface area contributed by atoms with Crippen LogP contribution in [0.1, 0.15) is 27.3 Å². The molecular weight excluding hydrogens is 314 g/mol. The number of ether oxygens (including phenoxy) is 1. The average molecular weight is 333 g/mol. The zero-order chi connectivity index (χ0) is 17.8. The lowest BCUT2D eigenvalue weighted by atomic mass is 10.2. The van der Waals surface area contributed by atoms with E-state index in [-0.39, 0.29) is 5.97 Å². The summed E-state index contributed by atoms with van der Waals surface area (Å²) < 4.78 is 6.79. The predicted molar refractivity (Wildman–Crippen MR) is 98.1 cm³/mol. The molecule has 3 aromatic rings. The van der Waals surface area contributed by atoms with E-state index in [0.29, 0.717) is 5.56 Å². The van der Waals surface area contributed by atoms with Gasteiger partial charge >= 0.3 is 5.97 Å². The molecule has 1 aromatic carbocycles. The van der Waals surface area contributed by atoms with Crippen LogP contribution in [0.5, 0.6) is 0 Å². The summed E-state index contributed by atoms with van der Waals surface area (Å²) in [4.78, 5) is 20.4. The highest BCUT2D eigenvalue weighted by Crippen LogP contribution is 2.19. The van der Waals surface area contributed by atoms with Crippen molar-refractivity contribution in [2.24, 2.45) is 4.99 Å². The van der Waals surface area contributed by atoms with Gasteiger partial charge in [0.1, 0.15) is 5.82 Å². The van der Waals surface area contributed by atoms with Gasteiger partial charge in [-0.25, -0.2) is 9.78 Å². The van der Waals surface area contributed by atoms with Gasteiger partial charge in [0.15, 0.2) is 0 Å². The largest absolute Gasteiger partial charge is 0.465 e. The van der Waals surface area contributed by atoms with Gasteiger partial charge in [-0.3, -0.25) is 4.99 Å². The van der Waals surface area contributed by atoms with E-state index in [0.717, 1.165) is 28.5 Å². The number of nitrogens with zero attached hydrogens (tertiary/aromatic N) is 3. The molecule has 0 saturated heterocycles. The number of aliphatic imine (C=N–C) groups is 1. The maximum atomic E-state index is 11.5. The van der Waals surface area contributed by atoms with Crippen LogP contribution in [-0.4, -0.2) is 28.8 Å². The minimum Gasteiger partial charge on any atom is -0.465 e. The van der Waals surface area contributed by atoms with Crippen molar-refractivity contribution in [1.82, 2.24) is 9.55 Å². The molecule has 0 aliphatic heterocycles. The SMILES string of the molecule is COC(=O)c1ccc(N=Cc2cc(C)n(-c3ccccn3)c2C)cc1. The van der Waals surface area contributed by atoms with Gasteiger partial charge in [-0.15, -0.1) is 0 Å². The van der Waals surface area contributed by atoms with Crippen molar-refractivity contribution in [3.05, 3.63) is 77.2 Å². The molecule has 0 amide bonds. The van der Waals surface area contributed by atoms with Crippen LogP contribution >= 0.6 is 0 Å². The molecule has 0 spiro atoms. The Labute approximate surface area is 146 Å². The zero-order valence-corrected chi connectivity index (χ0v) is 14.4.